The molecule has 0 aliphatic heterocycles. The Bertz CT molecular complexity index is 660. The molecule has 4 rings (SSSR count). The maximum absolute atomic E-state index is 12.5. The Morgan fingerprint density at radius 1 is 1.32 bits per heavy atom. The molecule has 3 nitrogen and oxygen atoms in total. The third-order valence-corrected chi connectivity index (χ3v) is 7.98. The molecule has 0 radical (unpaired) electrons. The van der Waals surface area contributed by atoms with Crippen molar-refractivity contribution >= 4 is 11.8 Å². The first-order chi connectivity index (χ1) is 11.9. The number of rotatable bonds is 2. The molecule has 2 fully saturated rings. The van der Waals surface area contributed by atoms with Crippen molar-refractivity contribution in [3.63, 3.8) is 0 Å². The average molecular weight is 342 g/mol. The second kappa shape index (κ2) is 5.82. The fourth-order valence-corrected chi connectivity index (χ4v) is 6.70. The molecule has 0 saturated heterocycles. The average Bonchev–Trinajstić information content (AvgIpc) is 2.89. The Hall–Kier alpha value is -1.38. The van der Waals surface area contributed by atoms with Gasteiger partial charge in [0.2, 0.25) is 0 Å². The van der Waals surface area contributed by atoms with Crippen molar-refractivity contribution < 1.29 is 14.3 Å². The highest BCUT2D eigenvalue weighted by molar-refractivity contribution is 5.87. The number of ether oxygens (including phenoxy) is 1. The molecule has 0 spiro atoms. The van der Waals surface area contributed by atoms with Crippen LogP contribution >= 0.6 is 0 Å². The lowest BCUT2D eigenvalue weighted by Gasteiger charge is -2.56. The maximum atomic E-state index is 12.5. The second-order valence-electron chi connectivity index (χ2n) is 8.91. The van der Waals surface area contributed by atoms with Crippen LogP contribution in [0.1, 0.15) is 65.7 Å². The predicted octanol–water partition coefficient (Wildman–Crippen LogP) is 4.62. The van der Waals surface area contributed by atoms with Gasteiger partial charge in [-0.3, -0.25) is 9.59 Å². The highest BCUT2D eigenvalue weighted by atomic mass is 16.5. The molecular weight excluding hydrogens is 312 g/mol. The van der Waals surface area contributed by atoms with E-state index >= 15 is 0 Å². The molecule has 0 aromatic heterocycles. The number of carbonyl (C=O) groups is 2. The van der Waals surface area contributed by atoms with Gasteiger partial charge >= 0.3 is 5.97 Å². The molecule has 0 bridgehead atoms. The van der Waals surface area contributed by atoms with Gasteiger partial charge in [0, 0.05) is 30.6 Å². The van der Waals surface area contributed by atoms with Gasteiger partial charge in [-0.25, -0.2) is 0 Å². The van der Waals surface area contributed by atoms with Gasteiger partial charge < -0.3 is 4.74 Å². The van der Waals surface area contributed by atoms with E-state index in [1.165, 1.54) is 12.5 Å². The smallest absolute Gasteiger partial charge is 0.302 e. The lowest BCUT2D eigenvalue weighted by Crippen LogP contribution is -2.51. The van der Waals surface area contributed by atoms with Gasteiger partial charge in [-0.15, -0.1) is 0 Å². The normalized spacial score (nSPS) is 45.2. The predicted molar refractivity (Wildman–Crippen MR) is 96.8 cm³/mol. The number of fused-ring (bicyclic) bond motifs is 5. The zero-order valence-corrected chi connectivity index (χ0v) is 15.7. The molecule has 4 aliphatic rings. The number of hydrogen-bond acceptors (Lipinski definition) is 3. The third kappa shape index (κ3) is 2.38. The van der Waals surface area contributed by atoms with E-state index in [4.69, 9.17) is 4.74 Å². The molecule has 2 saturated carbocycles. The van der Waals surface area contributed by atoms with Gasteiger partial charge in [-0.2, -0.15) is 0 Å². The van der Waals surface area contributed by atoms with Crippen molar-refractivity contribution in [2.45, 2.75) is 71.8 Å². The van der Waals surface area contributed by atoms with Gasteiger partial charge in [0.25, 0.3) is 0 Å². The number of ketones is 1. The minimum absolute atomic E-state index is 0.00636. The fraction of sp³-hybridized carbons (Fsp3) is 0.727. The zero-order chi connectivity index (χ0) is 17.8. The fourth-order valence-electron chi connectivity index (χ4n) is 6.70. The standard InChI is InChI=1S/C22H30O3/c1-4-22-13-16(25-14(2)23)7-5-15(22)6-8-17-18-9-10-20(24)21(18,3)12-11-19(17)22/h5-6,8,16-19H,4,7,9-13H2,1-3H3/t16-,17+,18+,19+,21+,22+/m1/s1. The first-order valence-electron chi connectivity index (χ1n) is 10.00. The molecular formula is C22H30O3. The van der Waals surface area contributed by atoms with Crippen molar-refractivity contribution in [1.82, 2.24) is 0 Å². The zero-order valence-electron chi connectivity index (χ0n) is 15.7. The Balaban J connectivity index is 1.70. The van der Waals surface area contributed by atoms with Crippen LogP contribution in [-0.4, -0.2) is 17.9 Å². The highest BCUT2D eigenvalue weighted by Gasteiger charge is 2.59. The summed E-state index contributed by atoms with van der Waals surface area (Å²) in [6.45, 7) is 6.01. The molecule has 3 heteroatoms. The molecule has 0 aromatic rings. The number of esters is 1. The molecule has 25 heavy (non-hydrogen) atoms. The molecule has 0 aromatic carbocycles. The van der Waals surface area contributed by atoms with E-state index in [-0.39, 0.29) is 22.9 Å². The van der Waals surface area contributed by atoms with Crippen molar-refractivity contribution in [2.24, 2.45) is 28.6 Å². The van der Waals surface area contributed by atoms with Crippen LogP contribution < -0.4 is 0 Å². The second-order valence-corrected chi connectivity index (χ2v) is 8.91. The molecule has 0 unspecified atom stereocenters. The molecule has 136 valence electrons. The van der Waals surface area contributed by atoms with Gasteiger partial charge in [0.15, 0.2) is 0 Å². The minimum Gasteiger partial charge on any atom is -0.462 e. The van der Waals surface area contributed by atoms with Crippen LogP contribution in [0.5, 0.6) is 0 Å². The van der Waals surface area contributed by atoms with E-state index < -0.39 is 0 Å². The van der Waals surface area contributed by atoms with Crippen LogP contribution in [0.25, 0.3) is 0 Å². The van der Waals surface area contributed by atoms with E-state index in [0.29, 0.717) is 23.5 Å². The topological polar surface area (TPSA) is 43.4 Å². The summed E-state index contributed by atoms with van der Waals surface area (Å²) in [4.78, 5) is 24.0. The largest absolute Gasteiger partial charge is 0.462 e. The number of hydrogen-bond donors (Lipinski definition) is 0. The van der Waals surface area contributed by atoms with Crippen LogP contribution in [-0.2, 0) is 14.3 Å². The lowest BCUT2D eigenvalue weighted by molar-refractivity contribution is -0.149. The van der Waals surface area contributed by atoms with Crippen LogP contribution in [0.3, 0.4) is 0 Å². The van der Waals surface area contributed by atoms with Gasteiger partial charge in [-0.05, 0) is 55.4 Å². The van der Waals surface area contributed by atoms with Crippen LogP contribution in [0.4, 0.5) is 0 Å². The Labute approximate surface area is 150 Å². The number of allylic oxidation sites excluding steroid dienone is 3. The summed E-state index contributed by atoms with van der Waals surface area (Å²) >= 11 is 0. The SMILES string of the molecule is CC[C@]12C[C@H](OC(C)=O)CC=C1C=C[C@@H]1[C@@H]2CC[C@]2(C)C(=O)CC[C@@H]12. The van der Waals surface area contributed by atoms with Crippen LogP contribution in [0.15, 0.2) is 23.8 Å². The van der Waals surface area contributed by atoms with Crippen molar-refractivity contribution in [1.29, 1.82) is 0 Å². The van der Waals surface area contributed by atoms with E-state index in [2.05, 4.69) is 32.1 Å². The van der Waals surface area contributed by atoms with Crippen LogP contribution in [0, 0.1) is 28.6 Å². The lowest BCUT2D eigenvalue weighted by atomic mass is 9.48. The van der Waals surface area contributed by atoms with E-state index in [1.54, 1.807) is 0 Å². The quantitative estimate of drug-likeness (QED) is 0.688. The third-order valence-electron chi connectivity index (χ3n) is 7.98. The van der Waals surface area contributed by atoms with Crippen molar-refractivity contribution in [2.75, 3.05) is 0 Å². The molecule has 0 heterocycles. The summed E-state index contributed by atoms with van der Waals surface area (Å²) in [5.74, 6) is 1.88. The summed E-state index contributed by atoms with van der Waals surface area (Å²) in [5, 5.41) is 0. The summed E-state index contributed by atoms with van der Waals surface area (Å²) in [7, 11) is 0. The number of carbonyl (C=O) groups excluding carboxylic acids is 2. The summed E-state index contributed by atoms with van der Waals surface area (Å²) < 4.78 is 5.61. The number of Topliss-reactive ketones (excluding diaryl/α,β-unsaturated/α-hetero) is 1. The van der Waals surface area contributed by atoms with Gasteiger partial charge in [0.1, 0.15) is 11.9 Å². The van der Waals surface area contributed by atoms with Gasteiger partial charge in [-0.1, -0.05) is 32.1 Å². The Morgan fingerprint density at radius 3 is 2.84 bits per heavy atom. The van der Waals surface area contributed by atoms with E-state index in [0.717, 1.165) is 44.9 Å². The Kier molecular flexibility index (Phi) is 3.97. The van der Waals surface area contributed by atoms with Crippen molar-refractivity contribution in [3.8, 4) is 0 Å². The molecule has 0 amide bonds. The molecule has 4 aliphatic carbocycles. The van der Waals surface area contributed by atoms with E-state index in [9.17, 15) is 9.59 Å². The first kappa shape index (κ1) is 17.1. The monoisotopic (exact) mass is 342 g/mol. The van der Waals surface area contributed by atoms with Crippen molar-refractivity contribution in [3.05, 3.63) is 23.8 Å². The van der Waals surface area contributed by atoms with Gasteiger partial charge in [0.05, 0.1) is 0 Å². The Morgan fingerprint density at radius 2 is 2.12 bits per heavy atom. The molecule has 6 atom stereocenters. The minimum atomic E-state index is -0.173. The first-order valence-corrected chi connectivity index (χ1v) is 10.00. The molecule has 0 N–H and O–H groups in total. The highest BCUT2D eigenvalue weighted by Crippen LogP contribution is 2.63. The summed E-state index contributed by atoms with van der Waals surface area (Å²) in [5.41, 5.74) is 1.46. The maximum Gasteiger partial charge on any atom is 0.302 e. The van der Waals surface area contributed by atoms with Crippen LogP contribution in [0.2, 0.25) is 0 Å². The summed E-state index contributed by atoms with van der Waals surface area (Å²) in [6, 6.07) is 0. The van der Waals surface area contributed by atoms with E-state index in [1.807, 2.05) is 0 Å². The summed E-state index contributed by atoms with van der Waals surface area (Å²) in [6.07, 6.45) is 13.9.